The molecule has 0 aliphatic rings. The van der Waals surface area contributed by atoms with Gasteiger partial charge in [-0.25, -0.2) is 0 Å². The van der Waals surface area contributed by atoms with Crippen LogP contribution in [0.2, 0.25) is 0 Å². The monoisotopic (exact) mass is 270 g/mol. The summed E-state index contributed by atoms with van der Waals surface area (Å²) in [5.41, 5.74) is 6.58. The molecule has 0 fully saturated rings. The molecule has 2 aromatic heterocycles. The number of thiophene rings is 1. The molecular formula is C13H10N4OS. The molecule has 1 aromatic carbocycles. The average molecular weight is 270 g/mol. The first-order valence-corrected chi connectivity index (χ1v) is 6.50. The highest BCUT2D eigenvalue weighted by molar-refractivity contribution is 7.12. The summed E-state index contributed by atoms with van der Waals surface area (Å²) in [6.45, 7) is 0. The van der Waals surface area contributed by atoms with Crippen molar-refractivity contribution in [2.45, 2.75) is 0 Å². The summed E-state index contributed by atoms with van der Waals surface area (Å²) < 4.78 is 1.13. The molecule has 19 heavy (non-hydrogen) atoms. The molecule has 0 aliphatic carbocycles. The molecule has 0 unspecified atom stereocenters. The van der Waals surface area contributed by atoms with Gasteiger partial charge in [-0.05, 0) is 11.4 Å². The normalized spacial score (nSPS) is 10.5. The Morgan fingerprint density at radius 3 is 2.63 bits per heavy atom. The zero-order valence-corrected chi connectivity index (χ0v) is 10.7. The third-order valence-electron chi connectivity index (χ3n) is 2.59. The topological polar surface area (TPSA) is 73.8 Å². The summed E-state index contributed by atoms with van der Waals surface area (Å²) in [5, 5.41) is 6.01. The zero-order valence-electron chi connectivity index (χ0n) is 9.85. The summed E-state index contributed by atoms with van der Waals surface area (Å²) >= 11 is 1.35. The number of carbonyl (C=O) groups excluding carboxylic acids is 1. The predicted octanol–water partition coefficient (Wildman–Crippen LogP) is 2.28. The van der Waals surface area contributed by atoms with Crippen LogP contribution in [0.3, 0.4) is 0 Å². The van der Waals surface area contributed by atoms with Crippen molar-refractivity contribution in [3.05, 3.63) is 52.7 Å². The number of nitrogens with two attached hydrogens (primary N) is 1. The molecular weight excluding hydrogens is 260 g/mol. The SMILES string of the molecule is Nc1nc(-c2ccccc2)nn1C(=O)c1cccs1. The van der Waals surface area contributed by atoms with Crippen molar-refractivity contribution in [1.82, 2.24) is 14.8 Å². The highest BCUT2D eigenvalue weighted by Gasteiger charge is 2.17. The molecule has 2 heterocycles. The van der Waals surface area contributed by atoms with Gasteiger partial charge in [0.2, 0.25) is 5.95 Å². The molecule has 3 aromatic rings. The smallest absolute Gasteiger partial charge is 0.291 e. The van der Waals surface area contributed by atoms with Gasteiger partial charge in [0.1, 0.15) is 0 Å². The summed E-state index contributed by atoms with van der Waals surface area (Å²) in [4.78, 5) is 16.9. The Morgan fingerprint density at radius 2 is 1.95 bits per heavy atom. The van der Waals surface area contributed by atoms with Crippen LogP contribution in [-0.2, 0) is 0 Å². The van der Waals surface area contributed by atoms with Crippen LogP contribution in [0, 0.1) is 0 Å². The van der Waals surface area contributed by atoms with E-state index < -0.39 is 0 Å². The lowest BCUT2D eigenvalue weighted by atomic mass is 10.2. The fourth-order valence-corrected chi connectivity index (χ4v) is 2.34. The van der Waals surface area contributed by atoms with Crippen LogP contribution in [0.4, 0.5) is 5.95 Å². The summed E-state index contributed by atoms with van der Waals surface area (Å²) in [6, 6.07) is 12.9. The van der Waals surface area contributed by atoms with E-state index in [0.717, 1.165) is 10.2 Å². The molecule has 0 radical (unpaired) electrons. The van der Waals surface area contributed by atoms with E-state index in [4.69, 9.17) is 5.73 Å². The van der Waals surface area contributed by atoms with Gasteiger partial charge in [0.25, 0.3) is 5.91 Å². The van der Waals surface area contributed by atoms with Crippen molar-refractivity contribution in [2.24, 2.45) is 0 Å². The zero-order chi connectivity index (χ0) is 13.2. The number of benzene rings is 1. The maximum absolute atomic E-state index is 12.2. The molecule has 0 spiro atoms. The van der Waals surface area contributed by atoms with Gasteiger partial charge < -0.3 is 5.73 Å². The number of carbonyl (C=O) groups is 1. The fraction of sp³-hybridized carbons (Fsp3) is 0. The van der Waals surface area contributed by atoms with E-state index in [1.54, 1.807) is 6.07 Å². The number of aromatic nitrogens is 3. The minimum atomic E-state index is -0.262. The van der Waals surface area contributed by atoms with Crippen molar-refractivity contribution in [1.29, 1.82) is 0 Å². The molecule has 0 saturated heterocycles. The van der Waals surface area contributed by atoms with Gasteiger partial charge in [0, 0.05) is 5.56 Å². The van der Waals surface area contributed by atoms with E-state index >= 15 is 0 Å². The van der Waals surface area contributed by atoms with Crippen LogP contribution in [-0.4, -0.2) is 20.7 Å². The number of rotatable bonds is 2. The molecule has 0 aliphatic heterocycles. The molecule has 0 bridgehead atoms. The number of nitrogens with zero attached hydrogens (tertiary/aromatic N) is 3. The third kappa shape index (κ3) is 2.13. The molecule has 0 amide bonds. The maximum Gasteiger partial charge on any atom is 0.291 e. The minimum Gasteiger partial charge on any atom is -0.368 e. The quantitative estimate of drug-likeness (QED) is 0.775. The van der Waals surface area contributed by atoms with E-state index in [1.165, 1.54) is 11.3 Å². The van der Waals surface area contributed by atoms with Crippen molar-refractivity contribution in [2.75, 3.05) is 5.73 Å². The van der Waals surface area contributed by atoms with E-state index in [9.17, 15) is 4.79 Å². The van der Waals surface area contributed by atoms with E-state index in [-0.39, 0.29) is 11.9 Å². The second-order valence-corrected chi connectivity index (χ2v) is 4.80. The van der Waals surface area contributed by atoms with Gasteiger partial charge in [-0.2, -0.15) is 9.67 Å². The van der Waals surface area contributed by atoms with Crippen molar-refractivity contribution >= 4 is 23.2 Å². The van der Waals surface area contributed by atoms with Gasteiger partial charge in [0.15, 0.2) is 5.82 Å². The molecule has 6 heteroatoms. The summed E-state index contributed by atoms with van der Waals surface area (Å²) in [7, 11) is 0. The molecule has 94 valence electrons. The first-order valence-electron chi connectivity index (χ1n) is 5.62. The Bertz CT molecular complexity index is 704. The lowest BCUT2D eigenvalue weighted by Gasteiger charge is -1.97. The van der Waals surface area contributed by atoms with Crippen LogP contribution in [0.5, 0.6) is 0 Å². The highest BCUT2D eigenvalue weighted by atomic mass is 32.1. The Balaban J connectivity index is 2.01. The Morgan fingerprint density at radius 1 is 1.16 bits per heavy atom. The molecule has 0 atom stereocenters. The van der Waals surface area contributed by atoms with Crippen LogP contribution in [0.15, 0.2) is 47.8 Å². The Kier molecular flexibility index (Phi) is 2.85. The predicted molar refractivity (Wildman–Crippen MR) is 73.9 cm³/mol. The van der Waals surface area contributed by atoms with Crippen LogP contribution in [0.25, 0.3) is 11.4 Å². The number of anilines is 1. The summed E-state index contributed by atoms with van der Waals surface area (Å²) in [5.74, 6) is 0.280. The summed E-state index contributed by atoms with van der Waals surface area (Å²) in [6.07, 6.45) is 0. The molecule has 5 nitrogen and oxygen atoms in total. The lowest BCUT2D eigenvalue weighted by Crippen LogP contribution is -2.15. The standard InChI is InChI=1S/C13H10N4OS/c14-13-15-11(9-5-2-1-3-6-9)16-17(13)12(18)10-7-4-8-19-10/h1-8H,(H2,14,15,16). The van der Waals surface area contributed by atoms with Crippen molar-refractivity contribution < 1.29 is 4.79 Å². The highest BCUT2D eigenvalue weighted by Crippen LogP contribution is 2.18. The number of hydrogen-bond donors (Lipinski definition) is 1. The molecule has 2 N–H and O–H groups in total. The van der Waals surface area contributed by atoms with E-state index in [0.29, 0.717) is 10.7 Å². The number of nitrogen functional groups attached to an aromatic ring is 1. The van der Waals surface area contributed by atoms with Gasteiger partial charge in [-0.1, -0.05) is 36.4 Å². The maximum atomic E-state index is 12.2. The van der Waals surface area contributed by atoms with Gasteiger partial charge in [-0.3, -0.25) is 4.79 Å². The van der Waals surface area contributed by atoms with Gasteiger partial charge in [0.05, 0.1) is 4.88 Å². The van der Waals surface area contributed by atoms with Crippen molar-refractivity contribution in [3.63, 3.8) is 0 Å². The van der Waals surface area contributed by atoms with E-state index in [1.807, 2.05) is 41.8 Å². The Labute approximate surface area is 113 Å². The van der Waals surface area contributed by atoms with Crippen LogP contribution < -0.4 is 5.73 Å². The second-order valence-electron chi connectivity index (χ2n) is 3.85. The largest absolute Gasteiger partial charge is 0.368 e. The first-order chi connectivity index (χ1) is 9.25. The lowest BCUT2D eigenvalue weighted by molar-refractivity contribution is 0.0952. The van der Waals surface area contributed by atoms with E-state index in [2.05, 4.69) is 10.1 Å². The van der Waals surface area contributed by atoms with Gasteiger partial charge >= 0.3 is 0 Å². The fourth-order valence-electron chi connectivity index (χ4n) is 1.69. The van der Waals surface area contributed by atoms with Crippen LogP contribution in [0.1, 0.15) is 9.67 Å². The average Bonchev–Trinajstić information content (AvgIpc) is 3.08. The van der Waals surface area contributed by atoms with Crippen molar-refractivity contribution in [3.8, 4) is 11.4 Å². The van der Waals surface area contributed by atoms with Gasteiger partial charge in [-0.15, -0.1) is 16.4 Å². The Hall–Kier alpha value is -2.47. The molecule has 0 saturated carbocycles. The van der Waals surface area contributed by atoms with Crippen LogP contribution >= 0.6 is 11.3 Å². The third-order valence-corrected chi connectivity index (χ3v) is 3.45. The first kappa shape index (κ1) is 11.6. The number of hydrogen-bond acceptors (Lipinski definition) is 5. The second kappa shape index (κ2) is 4.66. The minimum absolute atomic E-state index is 0.0947. The molecule has 3 rings (SSSR count).